The second kappa shape index (κ2) is 7.81. The number of rotatable bonds is 4. The molecule has 1 atom stereocenters. The van der Waals surface area contributed by atoms with Gasteiger partial charge in [0.1, 0.15) is 11.7 Å². The number of alkyl halides is 5. The molecule has 0 spiro atoms. The summed E-state index contributed by atoms with van der Waals surface area (Å²) in [6, 6.07) is 2.81. The Morgan fingerprint density at radius 3 is 2.61 bits per heavy atom. The van der Waals surface area contributed by atoms with E-state index < -0.39 is 30.3 Å². The number of allylic oxidation sites excluding steroid dienone is 1. The molecule has 1 saturated heterocycles. The highest BCUT2D eigenvalue weighted by Gasteiger charge is 2.44. The number of nitrogens with two attached hydrogens (primary N) is 1. The minimum atomic E-state index is -4.63. The number of carbonyl (C=O) groups is 1. The van der Waals surface area contributed by atoms with Crippen molar-refractivity contribution in [3.05, 3.63) is 35.2 Å². The first kappa shape index (κ1) is 21.6. The molecule has 168 valence electrons. The van der Waals surface area contributed by atoms with Crippen LogP contribution in [0.1, 0.15) is 37.0 Å². The van der Waals surface area contributed by atoms with Crippen LogP contribution in [0.25, 0.3) is 16.5 Å². The van der Waals surface area contributed by atoms with Crippen LogP contribution in [-0.2, 0) is 15.7 Å². The number of benzene rings is 1. The van der Waals surface area contributed by atoms with E-state index in [4.69, 9.17) is 14.9 Å². The van der Waals surface area contributed by atoms with Crippen LogP contribution < -0.4 is 10.6 Å². The summed E-state index contributed by atoms with van der Waals surface area (Å²) in [7, 11) is 0. The smallest absolute Gasteiger partial charge is 0.416 e. The maximum atomic E-state index is 15.1. The van der Waals surface area contributed by atoms with Crippen LogP contribution in [0.15, 0.2) is 28.3 Å². The second-order valence-corrected chi connectivity index (χ2v) is 7.83. The van der Waals surface area contributed by atoms with Crippen LogP contribution in [0, 0.1) is 0 Å². The van der Waals surface area contributed by atoms with E-state index in [1.165, 1.54) is 4.90 Å². The molecule has 5 nitrogen and oxygen atoms in total. The molecule has 3 heterocycles. The van der Waals surface area contributed by atoms with Gasteiger partial charge in [-0.2, -0.15) is 13.2 Å². The first-order valence-electron chi connectivity index (χ1n) is 9.94. The maximum Gasteiger partial charge on any atom is 0.416 e. The lowest BCUT2D eigenvalue weighted by atomic mass is 10.0. The normalized spacial score (nSPS) is 20.7. The molecule has 2 aliphatic heterocycles. The maximum absolute atomic E-state index is 15.1. The van der Waals surface area contributed by atoms with Gasteiger partial charge in [0, 0.05) is 30.7 Å². The number of furan rings is 1. The molecular formula is C21H21F5N2O3. The number of aldehydes is 1. The van der Waals surface area contributed by atoms with Crippen LogP contribution in [0.2, 0.25) is 0 Å². The Kier molecular flexibility index (Phi) is 5.45. The van der Waals surface area contributed by atoms with Crippen LogP contribution in [0.3, 0.4) is 0 Å². The van der Waals surface area contributed by atoms with Gasteiger partial charge in [0.25, 0.3) is 5.92 Å². The molecule has 1 unspecified atom stereocenters. The number of anilines is 1. The summed E-state index contributed by atoms with van der Waals surface area (Å²) in [5.41, 5.74) is 5.17. The van der Waals surface area contributed by atoms with Crippen molar-refractivity contribution >= 4 is 28.5 Å². The van der Waals surface area contributed by atoms with Crippen molar-refractivity contribution in [2.24, 2.45) is 5.73 Å². The standard InChI is InChI=1S/C21H21F5N2O3/c22-20(23,17-3-1-2-8-30-17)11-28-7-6-15(27)14(10-29)19-18(28)13-9-12(21(24,25)26)4-5-16(13)31-19/h4-5,9-10,17H,1-3,6-8,11,27H2. The van der Waals surface area contributed by atoms with E-state index in [0.717, 1.165) is 18.2 Å². The van der Waals surface area contributed by atoms with Gasteiger partial charge in [0.15, 0.2) is 12.0 Å². The highest BCUT2D eigenvalue weighted by atomic mass is 19.4. The Morgan fingerprint density at radius 1 is 1.19 bits per heavy atom. The number of carbonyl (C=O) groups excluding carboxylic acids is 1. The number of ether oxygens (including phenoxy) is 1. The number of fused-ring (bicyclic) bond motifs is 3. The molecule has 0 amide bonds. The van der Waals surface area contributed by atoms with Crippen molar-refractivity contribution in [2.75, 3.05) is 24.6 Å². The first-order valence-corrected chi connectivity index (χ1v) is 9.94. The predicted octanol–water partition coefficient (Wildman–Crippen LogP) is 4.73. The summed E-state index contributed by atoms with van der Waals surface area (Å²) < 4.78 is 80.9. The van der Waals surface area contributed by atoms with E-state index in [1.807, 2.05) is 0 Å². The molecule has 2 aliphatic rings. The minimum Gasteiger partial charge on any atom is -0.454 e. The zero-order chi connectivity index (χ0) is 22.4. The Labute approximate surface area is 174 Å². The van der Waals surface area contributed by atoms with E-state index in [0.29, 0.717) is 19.1 Å². The summed E-state index contributed by atoms with van der Waals surface area (Å²) in [6.45, 7) is -0.572. The Morgan fingerprint density at radius 2 is 1.97 bits per heavy atom. The number of hydrogen-bond acceptors (Lipinski definition) is 5. The van der Waals surface area contributed by atoms with Crippen molar-refractivity contribution < 1.29 is 35.9 Å². The van der Waals surface area contributed by atoms with Crippen molar-refractivity contribution in [1.82, 2.24) is 0 Å². The molecule has 4 rings (SSSR count). The van der Waals surface area contributed by atoms with Gasteiger partial charge in [-0.3, -0.25) is 4.79 Å². The van der Waals surface area contributed by atoms with E-state index in [9.17, 15) is 18.0 Å². The van der Waals surface area contributed by atoms with Crippen molar-refractivity contribution in [3.8, 4) is 0 Å². The van der Waals surface area contributed by atoms with Crippen LogP contribution in [-0.4, -0.2) is 38.0 Å². The monoisotopic (exact) mass is 444 g/mol. The molecule has 0 saturated carbocycles. The third kappa shape index (κ3) is 4.00. The Balaban J connectivity index is 1.83. The fourth-order valence-corrected chi connectivity index (χ4v) is 4.12. The van der Waals surface area contributed by atoms with Gasteiger partial charge in [-0.05, 0) is 37.5 Å². The second-order valence-electron chi connectivity index (χ2n) is 7.83. The average Bonchev–Trinajstić information content (AvgIpc) is 3.04. The molecule has 0 radical (unpaired) electrons. The van der Waals surface area contributed by atoms with E-state index in [-0.39, 0.29) is 59.7 Å². The van der Waals surface area contributed by atoms with Gasteiger partial charge in [-0.1, -0.05) is 0 Å². The molecule has 0 bridgehead atoms. The molecule has 1 aromatic carbocycles. The fraction of sp³-hybridized carbons (Fsp3) is 0.476. The van der Waals surface area contributed by atoms with Crippen LogP contribution in [0.5, 0.6) is 0 Å². The SMILES string of the molecule is NC1=C(C=O)c2oc3ccc(C(F)(F)F)cc3c2N(CC(F)(F)C2CCCCO2)CC1. The molecule has 1 fully saturated rings. The predicted molar refractivity (Wildman–Crippen MR) is 104 cm³/mol. The van der Waals surface area contributed by atoms with Gasteiger partial charge < -0.3 is 19.8 Å². The molecule has 2 aromatic rings. The molecule has 2 N–H and O–H groups in total. The minimum absolute atomic E-state index is 0.000706. The largest absolute Gasteiger partial charge is 0.454 e. The third-order valence-electron chi connectivity index (χ3n) is 5.72. The zero-order valence-electron chi connectivity index (χ0n) is 16.5. The van der Waals surface area contributed by atoms with Crippen LogP contribution in [0.4, 0.5) is 27.6 Å². The summed E-state index contributed by atoms with van der Waals surface area (Å²) in [4.78, 5) is 12.9. The third-order valence-corrected chi connectivity index (χ3v) is 5.72. The van der Waals surface area contributed by atoms with Crippen LogP contribution >= 0.6 is 0 Å². The van der Waals surface area contributed by atoms with Crippen molar-refractivity contribution in [2.45, 2.75) is 43.9 Å². The molecule has 0 aliphatic carbocycles. The fourth-order valence-electron chi connectivity index (χ4n) is 4.12. The topological polar surface area (TPSA) is 68.7 Å². The van der Waals surface area contributed by atoms with Crippen molar-refractivity contribution in [1.29, 1.82) is 0 Å². The summed E-state index contributed by atoms with van der Waals surface area (Å²) in [6.07, 6.45) is -3.89. The highest BCUT2D eigenvalue weighted by molar-refractivity contribution is 6.13. The molecular weight excluding hydrogens is 423 g/mol. The van der Waals surface area contributed by atoms with Gasteiger partial charge in [-0.15, -0.1) is 0 Å². The molecule has 1 aromatic heterocycles. The molecule has 10 heteroatoms. The molecule has 31 heavy (non-hydrogen) atoms. The van der Waals surface area contributed by atoms with Gasteiger partial charge in [0.2, 0.25) is 0 Å². The quantitative estimate of drug-likeness (QED) is 0.545. The Hall–Kier alpha value is -2.62. The average molecular weight is 444 g/mol. The lowest BCUT2D eigenvalue weighted by Crippen LogP contribution is -2.47. The zero-order valence-corrected chi connectivity index (χ0v) is 16.5. The number of nitrogens with zero attached hydrogens (tertiary/aromatic N) is 1. The highest BCUT2D eigenvalue weighted by Crippen LogP contribution is 2.44. The lowest BCUT2D eigenvalue weighted by molar-refractivity contribution is -0.147. The van der Waals surface area contributed by atoms with E-state index in [1.54, 1.807) is 0 Å². The van der Waals surface area contributed by atoms with Gasteiger partial charge in [-0.25, -0.2) is 8.78 Å². The van der Waals surface area contributed by atoms with E-state index in [2.05, 4.69) is 0 Å². The number of hydrogen-bond donors (Lipinski definition) is 1. The summed E-state index contributed by atoms with van der Waals surface area (Å²) in [5, 5.41) is -0.000706. The Bertz CT molecular complexity index is 1020. The van der Waals surface area contributed by atoms with Gasteiger partial charge >= 0.3 is 6.18 Å². The van der Waals surface area contributed by atoms with Crippen molar-refractivity contribution in [3.63, 3.8) is 0 Å². The summed E-state index contributed by atoms with van der Waals surface area (Å²) in [5.74, 6) is -3.36. The van der Waals surface area contributed by atoms with E-state index >= 15 is 8.78 Å². The van der Waals surface area contributed by atoms with Gasteiger partial charge in [0.05, 0.1) is 23.4 Å². The first-order chi connectivity index (χ1) is 14.6. The summed E-state index contributed by atoms with van der Waals surface area (Å²) >= 11 is 0. The number of halogens is 5. The lowest BCUT2D eigenvalue weighted by Gasteiger charge is -2.34.